The number of carbonyl (C=O) groups is 1. The molecule has 0 saturated carbocycles. The molecule has 0 unspecified atom stereocenters. The Morgan fingerprint density at radius 1 is 1.25 bits per heavy atom. The van der Waals surface area contributed by atoms with Crippen molar-refractivity contribution in [2.75, 3.05) is 25.0 Å². The van der Waals surface area contributed by atoms with Crippen molar-refractivity contribution in [1.82, 2.24) is 5.32 Å². The van der Waals surface area contributed by atoms with Gasteiger partial charge in [0.05, 0.1) is 11.8 Å². The number of benzene rings is 1. The molecule has 1 aromatic carbocycles. The molecule has 1 saturated heterocycles. The Hall–Kier alpha value is 0.0500. The number of nitrogens with one attached hydrogen (secondary N) is 2. The molecule has 0 radical (unpaired) electrons. The minimum Gasteiger partial charge on any atom is -0.368 e. The van der Waals surface area contributed by atoms with Crippen molar-refractivity contribution >= 4 is 59.4 Å². The van der Waals surface area contributed by atoms with E-state index in [1.165, 1.54) is 0 Å². The highest BCUT2D eigenvalue weighted by atomic mass is 79.9. The number of anilines is 1. The van der Waals surface area contributed by atoms with Gasteiger partial charge in [-0.1, -0.05) is 15.9 Å². The maximum atomic E-state index is 11.9. The lowest BCUT2D eigenvalue weighted by molar-refractivity contribution is -0.123. The average molecular weight is 471 g/mol. The zero-order chi connectivity index (χ0) is 14.5. The van der Waals surface area contributed by atoms with Gasteiger partial charge in [0.25, 0.3) is 0 Å². The quantitative estimate of drug-likeness (QED) is 0.705. The van der Waals surface area contributed by atoms with Gasteiger partial charge in [-0.3, -0.25) is 4.79 Å². The SMILES string of the molecule is O=C(COC1CCNCC1)Nc1c(Br)cc(Br)cc1Br. The second-order valence-electron chi connectivity index (χ2n) is 4.55. The van der Waals surface area contributed by atoms with Gasteiger partial charge in [0.15, 0.2) is 0 Å². The van der Waals surface area contributed by atoms with Gasteiger partial charge in [0.2, 0.25) is 5.91 Å². The lowest BCUT2D eigenvalue weighted by atomic mass is 10.1. The van der Waals surface area contributed by atoms with Gasteiger partial charge in [-0.2, -0.15) is 0 Å². The molecule has 0 aliphatic carbocycles. The molecule has 1 aliphatic heterocycles. The number of rotatable bonds is 4. The number of piperidine rings is 1. The van der Waals surface area contributed by atoms with E-state index in [0.717, 1.165) is 39.3 Å². The summed E-state index contributed by atoms with van der Waals surface area (Å²) in [7, 11) is 0. The first-order valence-corrected chi connectivity index (χ1v) is 8.71. The van der Waals surface area contributed by atoms with Gasteiger partial charge < -0.3 is 15.4 Å². The molecule has 0 spiro atoms. The molecular weight excluding hydrogens is 456 g/mol. The molecule has 1 fully saturated rings. The van der Waals surface area contributed by atoms with Crippen LogP contribution in [0, 0.1) is 0 Å². The van der Waals surface area contributed by atoms with Crippen LogP contribution in [-0.2, 0) is 9.53 Å². The van der Waals surface area contributed by atoms with E-state index in [4.69, 9.17) is 4.74 Å². The smallest absolute Gasteiger partial charge is 0.250 e. The zero-order valence-electron chi connectivity index (χ0n) is 10.7. The van der Waals surface area contributed by atoms with Crippen molar-refractivity contribution in [2.24, 2.45) is 0 Å². The van der Waals surface area contributed by atoms with E-state index in [1.807, 2.05) is 12.1 Å². The van der Waals surface area contributed by atoms with Gasteiger partial charge in [0, 0.05) is 13.4 Å². The van der Waals surface area contributed by atoms with Gasteiger partial charge in [-0.15, -0.1) is 0 Å². The predicted molar refractivity (Wildman–Crippen MR) is 90.0 cm³/mol. The Morgan fingerprint density at radius 2 is 1.85 bits per heavy atom. The molecule has 1 heterocycles. The van der Waals surface area contributed by atoms with Crippen molar-refractivity contribution < 1.29 is 9.53 Å². The first-order chi connectivity index (χ1) is 9.56. The Morgan fingerprint density at radius 3 is 2.45 bits per heavy atom. The lowest BCUT2D eigenvalue weighted by Crippen LogP contribution is -2.34. The molecule has 1 aliphatic rings. The molecule has 2 rings (SSSR count). The monoisotopic (exact) mass is 468 g/mol. The fourth-order valence-electron chi connectivity index (χ4n) is 1.99. The summed E-state index contributed by atoms with van der Waals surface area (Å²) in [6, 6.07) is 3.77. The molecular formula is C13H15Br3N2O2. The minimum atomic E-state index is -0.146. The van der Waals surface area contributed by atoms with E-state index < -0.39 is 0 Å². The fraction of sp³-hybridized carbons (Fsp3) is 0.462. The van der Waals surface area contributed by atoms with Crippen LogP contribution in [0.15, 0.2) is 25.6 Å². The largest absolute Gasteiger partial charge is 0.368 e. The molecule has 1 aromatic rings. The summed E-state index contributed by atoms with van der Waals surface area (Å²) in [5.41, 5.74) is 0.715. The van der Waals surface area contributed by atoms with E-state index in [-0.39, 0.29) is 18.6 Å². The molecule has 110 valence electrons. The second kappa shape index (κ2) is 7.89. The standard InChI is InChI=1S/C13H15Br3N2O2/c14-8-5-10(15)13(11(16)6-8)18-12(19)7-20-9-1-3-17-4-2-9/h5-6,9,17H,1-4,7H2,(H,18,19). The zero-order valence-corrected chi connectivity index (χ0v) is 15.5. The van der Waals surface area contributed by atoms with Gasteiger partial charge in [-0.05, 0) is 69.9 Å². The number of hydrogen-bond acceptors (Lipinski definition) is 3. The van der Waals surface area contributed by atoms with Crippen LogP contribution in [0.2, 0.25) is 0 Å². The van der Waals surface area contributed by atoms with Crippen LogP contribution in [0.1, 0.15) is 12.8 Å². The summed E-state index contributed by atoms with van der Waals surface area (Å²) in [4.78, 5) is 11.9. The molecule has 1 amide bonds. The van der Waals surface area contributed by atoms with Gasteiger partial charge in [-0.25, -0.2) is 0 Å². The Labute approximate surface area is 143 Å². The first kappa shape index (κ1) is 16.4. The predicted octanol–water partition coefficient (Wildman–Crippen LogP) is 3.68. The fourth-order valence-corrected chi connectivity index (χ4v) is 4.45. The first-order valence-electron chi connectivity index (χ1n) is 6.33. The Bertz CT molecular complexity index is 467. The van der Waals surface area contributed by atoms with Crippen LogP contribution < -0.4 is 10.6 Å². The molecule has 20 heavy (non-hydrogen) atoms. The Kier molecular flexibility index (Phi) is 6.48. The number of halogens is 3. The number of carbonyl (C=O) groups excluding carboxylic acids is 1. The van der Waals surface area contributed by atoms with Crippen LogP contribution in [-0.4, -0.2) is 31.7 Å². The summed E-state index contributed by atoms with van der Waals surface area (Å²) in [5, 5.41) is 6.12. The summed E-state index contributed by atoms with van der Waals surface area (Å²) in [6.45, 7) is 1.99. The van der Waals surface area contributed by atoms with E-state index >= 15 is 0 Å². The highest BCUT2D eigenvalue weighted by molar-refractivity contribution is 9.11. The van der Waals surface area contributed by atoms with E-state index in [0.29, 0.717) is 5.69 Å². The summed E-state index contributed by atoms with van der Waals surface area (Å²) < 4.78 is 8.19. The third-order valence-electron chi connectivity index (χ3n) is 3.01. The summed E-state index contributed by atoms with van der Waals surface area (Å²) in [5.74, 6) is -0.146. The van der Waals surface area contributed by atoms with Crippen molar-refractivity contribution in [3.05, 3.63) is 25.6 Å². The maximum absolute atomic E-state index is 11.9. The number of amides is 1. The topological polar surface area (TPSA) is 50.4 Å². The average Bonchev–Trinajstić information content (AvgIpc) is 2.42. The van der Waals surface area contributed by atoms with E-state index in [9.17, 15) is 4.79 Å². The molecule has 0 bridgehead atoms. The molecule has 4 nitrogen and oxygen atoms in total. The second-order valence-corrected chi connectivity index (χ2v) is 7.18. The van der Waals surface area contributed by atoms with E-state index in [2.05, 4.69) is 58.4 Å². The number of ether oxygens (including phenoxy) is 1. The lowest BCUT2D eigenvalue weighted by Gasteiger charge is -2.22. The Balaban J connectivity index is 1.88. The van der Waals surface area contributed by atoms with Crippen molar-refractivity contribution in [3.8, 4) is 0 Å². The molecule has 0 atom stereocenters. The van der Waals surface area contributed by atoms with Crippen LogP contribution in [0.4, 0.5) is 5.69 Å². The van der Waals surface area contributed by atoms with Gasteiger partial charge >= 0.3 is 0 Å². The number of hydrogen-bond donors (Lipinski definition) is 2. The van der Waals surface area contributed by atoms with Crippen molar-refractivity contribution in [1.29, 1.82) is 0 Å². The van der Waals surface area contributed by atoms with Gasteiger partial charge in [0.1, 0.15) is 6.61 Å². The molecule has 0 aromatic heterocycles. The minimum absolute atomic E-state index is 0.0829. The van der Waals surface area contributed by atoms with Crippen LogP contribution in [0.3, 0.4) is 0 Å². The molecule has 7 heteroatoms. The normalized spacial score (nSPS) is 16.1. The summed E-state index contributed by atoms with van der Waals surface area (Å²) >= 11 is 10.3. The van der Waals surface area contributed by atoms with Crippen molar-refractivity contribution in [2.45, 2.75) is 18.9 Å². The highest BCUT2D eigenvalue weighted by Crippen LogP contribution is 2.34. The molecule has 2 N–H and O–H groups in total. The van der Waals surface area contributed by atoms with Crippen molar-refractivity contribution in [3.63, 3.8) is 0 Å². The third kappa shape index (κ3) is 4.80. The van der Waals surface area contributed by atoms with Crippen LogP contribution in [0.25, 0.3) is 0 Å². The van der Waals surface area contributed by atoms with Crippen LogP contribution in [0.5, 0.6) is 0 Å². The van der Waals surface area contributed by atoms with Crippen LogP contribution >= 0.6 is 47.8 Å². The maximum Gasteiger partial charge on any atom is 0.250 e. The highest BCUT2D eigenvalue weighted by Gasteiger charge is 2.16. The summed E-state index contributed by atoms with van der Waals surface area (Å²) in [6.07, 6.45) is 2.09. The third-order valence-corrected chi connectivity index (χ3v) is 4.72. The van der Waals surface area contributed by atoms with E-state index in [1.54, 1.807) is 0 Å².